The van der Waals surface area contributed by atoms with Gasteiger partial charge in [-0.15, -0.1) is 21.5 Å². The van der Waals surface area contributed by atoms with E-state index in [1.54, 1.807) is 17.5 Å². The number of piperazine rings is 1. The highest BCUT2D eigenvalue weighted by molar-refractivity contribution is 7.13. The molecule has 280 valence electrons. The van der Waals surface area contributed by atoms with Crippen LogP contribution in [-0.4, -0.2) is 85.9 Å². The number of rotatable bonds is 10. The molecule has 8 rings (SSSR count). The quantitative estimate of drug-likeness (QED) is 0.149. The Hall–Kier alpha value is -6.26. The van der Waals surface area contributed by atoms with Crippen LogP contribution in [0.15, 0.2) is 84.4 Å². The molecule has 4 amide bonds. The molecule has 14 nitrogen and oxygen atoms in total. The summed E-state index contributed by atoms with van der Waals surface area (Å²) in [6.07, 6.45) is 2.30. The van der Waals surface area contributed by atoms with Crippen molar-refractivity contribution in [2.45, 2.75) is 38.0 Å². The highest BCUT2D eigenvalue weighted by atomic mass is 32.1. The number of amides is 4. The smallest absolute Gasteiger partial charge is 0.255 e. The van der Waals surface area contributed by atoms with Crippen LogP contribution in [0.1, 0.15) is 45.9 Å². The molecular weight excluding hydrogens is 726 g/mol. The number of piperidine rings is 1. The zero-order chi connectivity index (χ0) is 38.1. The van der Waals surface area contributed by atoms with Crippen LogP contribution >= 0.6 is 11.3 Å². The first-order valence-corrected chi connectivity index (χ1v) is 18.7. The number of phenolic OH excluding ortho intramolecular Hbond substituents is 1. The first-order valence-electron chi connectivity index (χ1n) is 17.8. The lowest BCUT2D eigenvalue weighted by Gasteiger charge is -2.35. The Balaban J connectivity index is 0.921. The van der Waals surface area contributed by atoms with Gasteiger partial charge in [-0.3, -0.25) is 34.7 Å². The number of phenols is 1. The number of para-hydroxylation sites is 1. The molecule has 4 N–H and O–H groups in total. The Morgan fingerprint density at radius 2 is 1.84 bits per heavy atom. The van der Waals surface area contributed by atoms with Crippen LogP contribution in [0.3, 0.4) is 0 Å². The topological polar surface area (TPSA) is 173 Å². The summed E-state index contributed by atoms with van der Waals surface area (Å²) >= 11 is 1.20. The van der Waals surface area contributed by atoms with Gasteiger partial charge in [0.05, 0.1) is 5.69 Å². The summed E-state index contributed by atoms with van der Waals surface area (Å²) in [5.41, 5.74) is 4.19. The van der Waals surface area contributed by atoms with Crippen molar-refractivity contribution in [2.24, 2.45) is 0 Å². The first-order chi connectivity index (χ1) is 26.7. The molecule has 2 atom stereocenters. The fourth-order valence-corrected chi connectivity index (χ4v) is 7.72. The van der Waals surface area contributed by atoms with Crippen molar-refractivity contribution in [3.8, 4) is 17.0 Å². The third-order valence-corrected chi connectivity index (χ3v) is 10.8. The minimum absolute atomic E-state index is 0.0377. The standard InChI is InChI=1S/C39H36FN9O5S/c40-26-7-10-32(50)28(20-26)35(37(53)44-39-41-13-18-55-39)49-22-24-6-5-23(19-27(24)38(49)54)30-8-11-33(46-45-30)48-16-14-47(15-17-48)21-25-3-1-2-4-29(25)42-31-9-12-34(51)43-36(31)52/h1-8,10-11,13,18-20,31,35,42,50H,9,12,14-17,21-22H2,(H,41,44,53)(H,43,51,52). The van der Waals surface area contributed by atoms with E-state index in [2.05, 4.69) is 40.9 Å². The SMILES string of the molecule is O=C1CCC(Nc2ccccc2CN2CCN(c3ccc(-c4ccc5c(c4)C(=O)N(C(C(=O)Nc4nccs4)c4cc(F)ccc4O)C5)nn3)CC2)C(=O)N1. The summed E-state index contributed by atoms with van der Waals surface area (Å²) in [6.45, 7) is 3.81. The molecule has 3 aliphatic rings. The fourth-order valence-electron chi connectivity index (χ4n) is 7.19. The lowest BCUT2D eigenvalue weighted by molar-refractivity contribution is -0.133. The molecule has 5 heterocycles. The molecular formula is C39H36FN9O5S. The Bertz CT molecular complexity index is 2260. The molecule has 0 saturated carbocycles. The average molecular weight is 762 g/mol. The maximum absolute atomic E-state index is 14.4. The first kappa shape index (κ1) is 35.8. The number of hydrogen-bond donors (Lipinski definition) is 4. The monoisotopic (exact) mass is 761 g/mol. The molecule has 0 radical (unpaired) electrons. The predicted molar refractivity (Wildman–Crippen MR) is 203 cm³/mol. The number of aromatic hydroxyl groups is 1. The van der Waals surface area contributed by atoms with Crippen LogP contribution in [0.4, 0.5) is 21.0 Å². The van der Waals surface area contributed by atoms with E-state index in [0.29, 0.717) is 46.9 Å². The van der Waals surface area contributed by atoms with Gasteiger partial charge >= 0.3 is 0 Å². The minimum atomic E-state index is -1.33. The lowest BCUT2D eigenvalue weighted by Crippen LogP contribution is -2.48. The average Bonchev–Trinajstić information content (AvgIpc) is 3.82. The maximum atomic E-state index is 14.4. The summed E-state index contributed by atoms with van der Waals surface area (Å²) in [5, 5.41) is 30.1. The Kier molecular flexibility index (Phi) is 9.90. The van der Waals surface area contributed by atoms with Gasteiger partial charge in [0.1, 0.15) is 23.7 Å². The number of hydrogen-bond acceptors (Lipinski definition) is 12. The molecule has 16 heteroatoms. The number of nitrogens with zero attached hydrogens (tertiary/aromatic N) is 6. The van der Waals surface area contributed by atoms with Crippen molar-refractivity contribution in [2.75, 3.05) is 41.7 Å². The van der Waals surface area contributed by atoms with Crippen LogP contribution < -0.4 is 20.9 Å². The van der Waals surface area contributed by atoms with E-state index in [1.807, 2.05) is 42.5 Å². The summed E-state index contributed by atoms with van der Waals surface area (Å²) in [5.74, 6) is -1.86. The van der Waals surface area contributed by atoms with Gasteiger partial charge in [-0.1, -0.05) is 30.3 Å². The summed E-state index contributed by atoms with van der Waals surface area (Å²) in [6, 6.07) is 18.6. The second kappa shape index (κ2) is 15.2. The Labute approximate surface area is 319 Å². The Morgan fingerprint density at radius 1 is 1.00 bits per heavy atom. The van der Waals surface area contributed by atoms with Crippen molar-refractivity contribution >= 4 is 51.6 Å². The summed E-state index contributed by atoms with van der Waals surface area (Å²) in [4.78, 5) is 61.3. The number of aromatic nitrogens is 3. The molecule has 3 aliphatic heterocycles. The molecule has 5 aromatic rings. The van der Waals surface area contributed by atoms with Crippen molar-refractivity contribution in [3.05, 3.63) is 112 Å². The number of carbonyl (C=O) groups excluding carboxylic acids is 4. The number of anilines is 3. The Morgan fingerprint density at radius 3 is 2.60 bits per heavy atom. The van der Waals surface area contributed by atoms with Gasteiger partial charge in [0, 0.05) is 79.6 Å². The second-order valence-electron chi connectivity index (χ2n) is 13.6. The number of thiazole rings is 1. The summed E-state index contributed by atoms with van der Waals surface area (Å²) < 4.78 is 14.4. The van der Waals surface area contributed by atoms with Crippen LogP contribution in [0.25, 0.3) is 11.3 Å². The maximum Gasteiger partial charge on any atom is 0.255 e. The van der Waals surface area contributed by atoms with Gasteiger partial charge in [0.2, 0.25) is 11.8 Å². The van der Waals surface area contributed by atoms with Crippen molar-refractivity contribution in [1.82, 2.24) is 30.3 Å². The van der Waals surface area contributed by atoms with Crippen molar-refractivity contribution in [3.63, 3.8) is 0 Å². The van der Waals surface area contributed by atoms with Gasteiger partial charge in [-0.05, 0) is 60.0 Å². The number of imide groups is 1. The van der Waals surface area contributed by atoms with Gasteiger partial charge < -0.3 is 20.2 Å². The number of halogens is 1. The minimum Gasteiger partial charge on any atom is -0.508 e. The molecule has 2 saturated heterocycles. The predicted octanol–water partition coefficient (Wildman–Crippen LogP) is 4.32. The van der Waals surface area contributed by atoms with E-state index in [9.17, 15) is 28.7 Å². The third kappa shape index (κ3) is 7.59. The lowest BCUT2D eigenvalue weighted by atomic mass is 10.0. The number of nitrogens with one attached hydrogen (secondary N) is 3. The normalized spacial score (nSPS) is 17.8. The summed E-state index contributed by atoms with van der Waals surface area (Å²) in [7, 11) is 0. The molecule has 55 heavy (non-hydrogen) atoms. The van der Waals surface area contributed by atoms with E-state index in [-0.39, 0.29) is 29.7 Å². The largest absolute Gasteiger partial charge is 0.508 e. The van der Waals surface area contributed by atoms with E-state index in [4.69, 9.17) is 0 Å². The molecule has 0 aliphatic carbocycles. The fraction of sp³-hybridized carbons (Fsp3) is 0.256. The van der Waals surface area contributed by atoms with Gasteiger partial charge in [0.15, 0.2) is 10.9 Å². The zero-order valence-electron chi connectivity index (χ0n) is 29.4. The van der Waals surface area contributed by atoms with Gasteiger partial charge in [-0.2, -0.15) is 0 Å². The van der Waals surface area contributed by atoms with Gasteiger partial charge in [-0.25, -0.2) is 9.37 Å². The van der Waals surface area contributed by atoms with Crippen LogP contribution in [0.5, 0.6) is 5.75 Å². The van der Waals surface area contributed by atoms with E-state index in [0.717, 1.165) is 61.4 Å². The molecule has 2 fully saturated rings. The van der Waals surface area contributed by atoms with Gasteiger partial charge in [0.25, 0.3) is 11.8 Å². The highest BCUT2D eigenvalue weighted by Gasteiger charge is 2.39. The molecule has 2 aromatic heterocycles. The van der Waals surface area contributed by atoms with E-state index in [1.165, 1.54) is 22.4 Å². The van der Waals surface area contributed by atoms with Crippen LogP contribution in [-0.2, 0) is 27.5 Å². The number of fused-ring (bicyclic) bond motifs is 1. The van der Waals surface area contributed by atoms with E-state index < -0.39 is 29.7 Å². The van der Waals surface area contributed by atoms with Crippen LogP contribution in [0, 0.1) is 5.82 Å². The number of benzene rings is 3. The van der Waals surface area contributed by atoms with E-state index >= 15 is 0 Å². The molecule has 3 aromatic carbocycles. The number of carbonyl (C=O) groups is 4. The van der Waals surface area contributed by atoms with Crippen molar-refractivity contribution < 1.29 is 28.7 Å². The highest BCUT2D eigenvalue weighted by Crippen LogP contribution is 2.38. The molecule has 0 bridgehead atoms. The zero-order valence-corrected chi connectivity index (χ0v) is 30.3. The van der Waals surface area contributed by atoms with Crippen molar-refractivity contribution in [1.29, 1.82) is 0 Å². The molecule has 0 spiro atoms. The third-order valence-electron chi connectivity index (χ3n) is 10.1. The second-order valence-corrected chi connectivity index (χ2v) is 14.5. The van der Waals surface area contributed by atoms with Crippen LogP contribution in [0.2, 0.25) is 0 Å². The molecule has 2 unspecified atom stereocenters.